The van der Waals surface area contributed by atoms with E-state index in [0.717, 1.165) is 0 Å². The molecule has 0 spiro atoms. The highest BCUT2D eigenvalue weighted by atomic mass is 16.4. The van der Waals surface area contributed by atoms with Crippen LogP contribution in [0, 0.1) is 0 Å². The number of carbonyl (C=O) groups is 2. The number of aliphatic carboxylic acids is 1. The molecule has 1 saturated heterocycles. The Morgan fingerprint density at radius 3 is 3.06 bits per heavy atom. The third kappa shape index (κ3) is 2.72. The van der Waals surface area contributed by atoms with Gasteiger partial charge in [0.1, 0.15) is 6.04 Å². The predicted molar refractivity (Wildman–Crippen MR) is 58.9 cm³/mol. The Bertz CT molecular complexity index is 402. The first-order chi connectivity index (χ1) is 8.18. The van der Waals surface area contributed by atoms with Crippen molar-refractivity contribution in [1.29, 1.82) is 0 Å². The van der Waals surface area contributed by atoms with Gasteiger partial charge >= 0.3 is 5.97 Å². The van der Waals surface area contributed by atoms with Gasteiger partial charge in [0, 0.05) is 19.6 Å². The number of furan rings is 1. The topological polar surface area (TPSA) is 82.8 Å². The van der Waals surface area contributed by atoms with Gasteiger partial charge in [0.05, 0.1) is 12.8 Å². The van der Waals surface area contributed by atoms with Crippen LogP contribution in [0.2, 0.25) is 0 Å². The number of carboxylic acids is 1. The van der Waals surface area contributed by atoms with E-state index in [0.29, 0.717) is 19.6 Å². The van der Waals surface area contributed by atoms with Crippen molar-refractivity contribution >= 4 is 11.8 Å². The van der Waals surface area contributed by atoms with Crippen LogP contribution in [0.3, 0.4) is 0 Å². The fourth-order valence-electron chi connectivity index (χ4n) is 1.88. The van der Waals surface area contributed by atoms with E-state index in [-0.39, 0.29) is 18.1 Å². The Morgan fingerprint density at radius 2 is 2.41 bits per heavy atom. The summed E-state index contributed by atoms with van der Waals surface area (Å²) in [4.78, 5) is 24.5. The molecule has 1 aromatic rings. The van der Waals surface area contributed by atoms with Crippen molar-refractivity contribution in [3.63, 3.8) is 0 Å². The largest absolute Gasteiger partial charge is 0.480 e. The fourth-order valence-corrected chi connectivity index (χ4v) is 1.88. The molecule has 17 heavy (non-hydrogen) atoms. The zero-order chi connectivity index (χ0) is 12.3. The smallest absolute Gasteiger partial charge is 0.322 e. The van der Waals surface area contributed by atoms with Crippen molar-refractivity contribution in [2.24, 2.45) is 0 Å². The van der Waals surface area contributed by atoms with Crippen LogP contribution < -0.4 is 5.32 Å². The summed E-state index contributed by atoms with van der Waals surface area (Å²) in [6, 6.07) is 2.57. The number of nitrogens with zero attached hydrogens (tertiary/aromatic N) is 1. The van der Waals surface area contributed by atoms with Crippen molar-refractivity contribution < 1.29 is 19.1 Å². The molecular formula is C11H14N2O4. The number of carboxylic acid groups (broad SMARTS) is 1. The molecule has 1 aliphatic rings. The Kier molecular flexibility index (Phi) is 3.55. The molecular weight excluding hydrogens is 224 g/mol. The van der Waals surface area contributed by atoms with E-state index < -0.39 is 12.0 Å². The highest BCUT2D eigenvalue weighted by Crippen LogP contribution is 2.08. The number of hydrogen-bond donors (Lipinski definition) is 2. The molecule has 1 fully saturated rings. The van der Waals surface area contributed by atoms with Crippen molar-refractivity contribution in [3.8, 4) is 0 Å². The van der Waals surface area contributed by atoms with Crippen LogP contribution in [0.25, 0.3) is 0 Å². The van der Waals surface area contributed by atoms with Gasteiger partial charge in [-0.25, -0.2) is 0 Å². The monoisotopic (exact) mass is 238 g/mol. The summed E-state index contributed by atoms with van der Waals surface area (Å²) in [5.74, 6) is -0.833. The van der Waals surface area contributed by atoms with Gasteiger partial charge in [-0.1, -0.05) is 0 Å². The highest BCUT2D eigenvalue weighted by Gasteiger charge is 2.30. The Morgan fingerprint density at radius 1 is 1.59 bits per heavy atom. The van der Waals surface area contributed by atoms with Crippen molar-refractivity contribution in [3.05, 3.63) is 24.2 Å². The van der Waals surface area contributed by atoms with Crippen LogP contribution in [0.15, 0.2) is 22.8 Å². The quantitative estimate of drug-likeness (QED) is 0.708. The van der Waals surface area contributed by atoms with Crippen LogP contribution in [0.1, 0.15) is 10.6 Å². The predicted octanol–water partition coefficient (Wildman–Crippen LogP) is -0.179. The van der Waals surface area contributed by atoms with Gasteiger partial charge in [-0.05, 0) is 12.1 Å². The number of ketones is 1. The summed E-state index contributed by atoms with van der Waals surface area (Å²) in [5, 5.41) is 12.0. The Balaban J connectivity index is 2.01. The molecule has 1 atom stereocenters. The van der Waals surface area contributed by atoms with Gasteiger partial charge in [0.2, 0.25) is 5.78 Å². The van der Waals surface area contributed by atoms with Crippen LogP contribution in [0.4, 0.5) is 0 Å². The minimum atomic E-state index is -0.913. The van der Waals surface area contributed by atoms with E-state index in [1.165, 1.54) is 6.26 Å². The second-order valence-corrected chi connectivity index (χ2v) is 3.93. The second kappa shape index (κ2) is 5.11. The zero-order valence-corrected chi connectivity index (χ0v) is 9.26. The van der Waals surface area contributed by atoms with E-state index >= 15 is 0 Å². The lowest BCUT2D eigenvalue weighted by atomic mass is 10.1. The van der Waals surface area contributed by atoms with Gasteiger partial charge in [0.15, 0.2) is 5.76 Å². The van der Waals surface area contributed by atoms with Gasteiger partial charge in [-0.3, -0.25) is 14.5 Å². The van der Waals surface area contributed by atoms with Crippen molar-refractivity contribution in [2.45, 2.75) is 6.04 Å². The number of hydrogen-bond acceptors (Lipinski definition) is 5. The molecule has 0 aliphatic carbocycles. The summed E-state index contributed by atoms with van der Waals surface area (Å²) in [5.41, 5.74) is 0. The normalized spacial score (nSPS) is 21.3. The van der Waals surface area contributed by atoms with E-state index in [1.54, 1.807) is 17.0 Å². The van der Waals surface area contributed by atoms with Crippen molar-refractivity contribution in [2.75, 3.05) is 26.2 Å². The number of rotatable bonds is 4. The van der Waals surface area contributed by atoms with E-state index in [1.807, 2.05) is 0 Å². The first-order valence-electron chi connectivity index (χ1n) is 5.43. The molecule has 6 nitrogen and oxygen atoms in total. The molecule has 1 unspecified atom stereocenters. The molecule has 0 amide bonds. The van der Waals surface area contributed by atoms with Gasteiger partial charge in [-0.2, -0.15) is 0 Å². The molecule has 2 rings (SSSR count). The average Bonchev–Trinajstić information content (AvgIpc) is 2.83. The molecule has 2 heterocycles. The van der Waals surface area contributed by atoms with Gasteiger partial charge in [0.25, 0.3) is 0 Å². The van der Waals surface area contributed by atoms with E-state index in [2.05, 4.69) is 5.32 Å². The third-order valence-corrected chi connectivity index (χ3v) is 2.78. The summed E-state index contributed by atoms with van der Waals surface area (Å²) < 4.78 is 4.99. The van der Waals surface area contributed by atoms with Crippen LogP contribution in [-0.4, -0.2) is 54.0 Å². The lowest BCUT2D eigenvalue weighted by Gasteiger charge is -2.32. The first kappa shape index (κ1) is 11.8. The number of piperazine rings is 1. The maximum atomic E-state index is 11.8. The third-order valence-electron chi connectivity index (χ3n) is 2.78. The minimum absolute atomic E-state index is 0.0756. The van der Waals surface area contributed by atoms with Crippen LogP contribution in [0.5, 0.6) is 0 Å². The summed E-state index contributed by atoms with van der Waals surface area (Å²) >= 11 is 0. The van der Waals surface area contributed by atoms with E-state index in [4.69, 9.17) is 9.52 Å². The first-order valence-corrected chi connectivity index (χ1v) is 5.43. The SMILES string of the molecule is O=C(CN1CCNCC1C(=O)O)c1ccco1. The molecule has 0 saturated carbocycles. The summed E-state index contributed by atoms with van der Waals surface area (Å²) in [6.07, 6.45) is 1.43. The number of Topliss-reactive ketones (excluding diaryl/α,β-unsaturated/α-hetero) is 1. The minimum Gasteiger partial charge on any atom is -0.480 e. The standard InChI is InChI=1S/C11H14N2O4/c14-9(10-2-1-5-17-10)7-13-4-3-12-6-8(13)11(15)16/h1-2,5,8,12H,3-4,6-7H2,(H,15,16). The number of nitrogens with one attached hydrogen (secondary N) is 1. The lowest BCUT2D eigenvalue weighted by Crippen LogP contribution is -2.56. The summed E-state index contributed by atoms with van der Waals surface area (Å²) in [6.45, 7) is 1.67. The fraction of sp³-hybridized carbons (Fsp3) is 0.455. The molecule has 1 aromatic heterocycles. The molecule has 0 aromatic carbocycles. The summed E-state index contributed by atoms with van der Waals surface area (Å²) in [7, 11) is 0. The number of carbonyl (C=O) groups excluding carboxylic acids is 1. The van der Waals surface area contributed by atoms with Crippen LogP contribution >= 0.6 is 0 Å². The van der Waals surface area contributed by atoms with Gasteiger partial charge in [-0.15, -0.1) is 0 Å². The molecule has 0 radical (unpaired) electrons. The van der Waals surface area contributed by atoms with Crippen molar-refractivity contribution in [1.82, 2.24) is 10.2 Å². The molecule has 0 bridgehead atoms. The molecule has 92 valence electrons. The van der Waals surface area contributed by atoms with Crippen LogP contribution in [-0.2, 0) is 4.79 Å². The van der Waals surface area contributed by atoms with E-state index in [9.17, 15) is 9.59 Å². The molecule has 6 heteroatoms. The van der Waals surface area contributed by atoms with Gasteiger partial charge < -0.3 is 14.8 Å². The highest BCUT2D eigenvalue weighted by molar-refractivity contribution is 5.95. The Labute approximate surface area is 98.2 Å². The lowest BCUT2D eigenvalue weighted by molar-refractivity contribution is -0.143. The Hall–Kier alpha value is -1.66. The molecule has 1 aliphatic heterocycles. The maximum Gasteiger partial charge on any atom is 0.322 e. The second-order valence-electron chi connectivity index (χ2n) is 3.93. The zero-order valence-electron chi connectivity index (χ0n) is 9.26. The molecule has 2 N–H and O–H groups in total. The average molecular weight is 238 g/mol. The maximum absolute atomic E-state index is 11.8.